The van der Waals surface area contributed by atoms with Gasteiger partial charge in [0.25, 0.3) is 0 Å². The Labute approximate surface area is 215 Å². The third kappa shape index (κ3) is 4.03. The number of pyridine rings is 1. The lowest BCUT2D eigenvalue weighted by atomic mass is 9.96. The maximum Gasteiger partial charge on any atom is 0.174 e. The maximum absolute atomic E-state index is 9.80. The highest BCUT2D eigenvalue weighted by Gasteiger charge is 2.43. The zero-order chi connectivity index (χ0) is 25.4. The molecule has 3 heterocycles. The van der Waals surface area contributed by atoms with Crippen molar-refractivity contribution >= 4 is 23.0 Å². The molecule has 2 atom stereocenters. The number of nitrogens with one attached hydrogen (secondary N) is 1. The SMILES string of the molecule is COc1ccc(OC)c(N2C(=S)N[C@H](c3ccccn3)[C@H]2c2cc(C)n(-c3ccc(O)cc3)c2C)c1. The average Bonchev–Trinajstić information content (AvgIpc) is 3.39. The molecule has 184 valence electrons. The van der Waals surface area contributed by atoms with Crippen LogP contribution in [0.5, 0.6) is 17.2 Å². The van der Waals surface area contributed by atoms with Crippen LogP contribution in [0, 0.1) is 13.8 Å². The molecule has 7 nitrogen and oxygen atoms in total. The molecule has 0 spiro atoms. The van der Waals surface area contributed by atoms with Crippen LogP contribution in [0.15, 0.2) is 72.9 Å². The van der Waals surface area contributed by atoms with Crippen LogP contribution in [0.3, 0.4) is 0 Å². The van der Waals surface area contributed by atoms with Crippen molar-refractivity contribution < 1.29 is 14.6 Å². The highest BCUT2D eigenvalue weighted by Crippen LogP contribution is 2.47. The zero-order valence-electron chi connectivity index (χ0n) is 20.6. The molecule has 0 saturated carbocycles. The predicted octanol–water partition coefficient (Wildman–Crippen LogP) is 5.39. The molecule has 4 aromatic rings. The van der Waals surface area contributed by atoms with Gasteiger partial charge in [-0.2, -0.15) is 0 Å². The Bertz CT molecular complexity index is 1400. The van der Waals surface area contributed by atoms with Crippen molar-refractivity contribution in [1.29, 1.82) is 0 Å². The number of hydrogen-bond acceptors (Lipinski definition) is 5. The molecule has 0 unspecified atom stereocenters. The molecular weight excluding hydrogens is 472 g/mol. The standard InChI is InChI=1S/C28H28N4O3S/c1-17-15-22(18(2)31(17)19-8-10-20(33)11-9-19)27-26(23-7-5-6-14-29-23)30-28(36)32(27)24-16-21(34-3)12-13-25(24)35-4/h5-16,26-27,33H,1-4H3,(H,30,36)/t26-,27-/m1/s1. The van der Waals surface area contributed by atoms with Crippen LogP contribution in [0.25, 0.3) is 5.69 Å². The van der Waals surface area contributed by atoms with Crippen molar-refractivity contribution in [3.63, 3.8) is 0 Å². The molecule has 36 heavy (non-hydrogen) atoms. The molecule has 0 aliphatic carbocycles. The van der Waals surface area contributed by atoms with E-state index in [0.717, 1.165) is 34.0 Å². The maximum atomic E-state index is 9.80. The van der Waals surface area contributed by atoms with Crippen molar-refractivity contribution in [2.24, 2.45) is 0 Å². The summed E-state index contributed by atoms with van der Waals surface area (Å²) in [5.74, 6) is 1.64. The number of rotatable bonds is 6. The smallest absolute Gasteiger partial charge is 0.174 e. The second-order valence-electron chi connectivity index (χ2n) is 8.71. The lowest BCUT2D eigenvalue weighted by Crippen LogP contribution is -2.30. The molecule has 0 radical (unpaired) electrons. The monoisotopic (exact) mass is 500 g/mol. The fraction of sp³-hybridized carbons (Fsp3) is 0.214. The number of aromatic nitrogens is 2. The lowest BCUT2D eigenvalue weighted by Gasteiger charge is -2.29. The fourth-order valence-corrected chi connectivity index (χ4v) is 5.34. The second kappa shape index (κ2) is 9.54. The van der Waals surface area contributed by atoms with Crippen LogP contribution in [0.1, 0.15) is 34.7 Å². The summed E-state index contributed by atoms with van der Waals surface area (Å²) in [6, 6.07) is 20.6. The molecule has 2 aromatic carbocycles. The number of hydrogen-bond donors (Lipinski definition) is 2. The molecular formula is C28H28N4O3S. The summed E-state index contributed by atoms with van der Waals surface area (Å²) in [5, 5.41) is 13.9. The van der Waals surface area contributed by atoms with Crippen LogP contribution in [-0.2, 0) is 0 Å². The summed E-state index contributed by atoms with van der Waals surface area (Å²) in [7, 11) is 3.30. The molecule has 8 heteroatoms. The van der Waals surface area contributed by atoms with Crippen LogP contribution < -0.4 is 19.7 Å². The predicted molar refractivity (Wildman–Crippen MR) is 144 cm³/mol. The summed E-state index contributed by atoms with van der Waals surface area (Å²) in [6.45, 7) is 4.18. The van der Waals surface area contributed by atoms with Gasteiger partial charge in [0.2, 0.25) is 0 Å². The quantitative estimate of drug-likeness (QED) is 0.344. The lowest BCUT2D eigenvalue weighted by molar-refractivity contribution is 0.403. The molecule has 0 amide bonds. The number of anilines is 1. The minimum absolute atomic E-state index is 0.191. The van der Waals surface area contributed by atoms with Gasteiger partial charge in [-0.1, -0.05) is 6.07 Å². The number of nitrogens with zero attached hydrogens (tertiary/aromatic N) is 3. The van der Waals surface area contributed by atoms with Gasteiger partial charge in [-0.3, -0.25) is 4.98 Å². The van der Waals surface area contributed by atoms with E-state index in [0.29, 0.717) is 16.6 Å². The Hall–Kier alpha value is -4.04. The molecule has 2 N–H and O–H groups in total. The number of thiocarbonyl (C=S) groups is 1. The summed E-state index contributed by atoms with van der Waals surface area (Å²) in [4.78, 5) is 6.76. The van der Waals surface area contributed by atoms with E-state index in [1.165, 1.54) is 0 Å². The molecule has 1 aliphatic rings. The average molecular weight is 501 g/mol. The van der Waals surface area contributed by atoms with Gasteiger partial charge in [-0.25, -0.2) is 0 Å². The number of aromatic hydroxyl groups is 1. The third-order valence-electron chi connectivity index (χ3n) is 6.64. The highest BCUT2D eigenvalue weighted by atomic mass is 32.1. The van der Waals surface area contributed by atoms with Gasteiger partial charge in [-0.05, 0) is 86.2 Å². The van der Waals surface area contributed by atoms with Crippen molar-refractivity contribution in [2.45, 2.75) is 25.9 Å². The van der Waals surface area contributed by atoms with Gasteiger partial charge in [0.1, 0.15) is 17.2 Å². The van der Waals surface area contributed by atoms with Gasteiger partial charge >= 0.3 is 0 Å². The fourth-order valence-electron chi connectivity index (χ4n) is 5.00. The number of aryl methyl sites for hydroxylation is 1. The van der Waals surface area contributed by atoms with E-state index in [-0.39, 0.29) is 17.8 Å². The number of methoxy groups -OCH3 is 2. The first-order valence-electron chi connectivity index (χ1n) is 11.6. The first-order valence-corrected chi connectivity index (χ1v) is 12.0. The Morgan fingerprint density at radius 1 is 0.972 bits per heavy atom. The summed E-state index contributed by atoms with van der Waals surface area (Å²) >= 11 is 5.91. The number of benzene rings is 2. The zero-order valence-corrected chi connectivity index (χ0v) is 21.4. The minimum atomic E-state index is -0.203. The normalized spacial score (nSPS) is 17.2. The van der Waals surface area contributed by atoms with Crippen molar-refractivity contribution in [3.8, 4) is 22.9 Å². The highest BCUT2D eigenvalue weighted by molar-refractivity contribution is 7.80. The van der Waals surface area contributed by atoms with Crippen molar-refractivity contribution in [2.75, 3.05) is 19.1 Å². The Kier molecular flexibility index (Phi) is 6.28. The van der Waals surface area contributed by atoms with E-state index in [1.807, 2.05) is 48.5 Å². The Balaban J connectivity index is 1.71. The van der Waals surface area contributed by atoms with Crippen LogP contribution in [-0.4, -0.2) is 34.0 Å². The molecule has 2 aromatic heterocycles. The van der Waals surface area contributed by atoms with Gasteiger partial charge in [0, 0.05) is 29.3 Å². The van der Waals surface area contributed by atoms with Crippen LogP contribution >= 0.6 is 12.2 Å². The first-order chi connectivity index (χ1) is 17.4. The molecule has 1 fully saturated rings. The number of ether oxygens (including phenoxy) is 2. The molecule has 1 aliphatic heterocycles. The van der Waals surface area contributed by atoms with E-state index < -0.39 is 0 Å². The Morgan fingerprint density at radius 3 is 2.42 bits per heavy atom. The van der Waals surface area contributed by atoms with E-state index in [4.69, 9.17) is 21.7 Å². The van der Waals surface area contributed by atoms with Gasteiger partial charge in [-0.15, -0.1) is 0 Å². The minimum Gasteiger partial charge on any atom is -0.508 e. The molecule has 1 saturated heterocycles. The third-order valence-corrected chi connectivity index (χ3v) is 6.96. The van der Waals surface area contributed by atoms with Crippen molar-refractivity contribution in [3.05, 3.63) is 95.6 Å². The number of phenols is 1. The molecule has 0 bridgehead atoms. The summed E-state index contributed by atoms with van der Waals surface area (Å²) < 4.78 is 13.5. The van der Waals surface area contributed by atoms with E-state index in [1.54, 1.807) is 32.5 Å². The van der Waals surface area contributed by atoms with Gasteiger partial charge in [0.05, 0.1) is 37.7 Å². The summed E-state index contributed by atoms with van der Waals surface area (Å²) in [5.41, 5.74) is 5.93. The first kappa shape index (κ1) is 23.7. The Morgan fingerprint density at radius 2 is 1.75 bits per heavy atom. The van der Waals surface area contributed by atoms with Gasteiger partial charge < -0.3 is 29.4 Å². The largest absolute Gasteiger partial charge is 0.508 e. The second-order valence-corrected chi connectivity index (χ2v) is 9.10. The van der Waals surface area contributed by atoms with E-state index >= 15 is 0 Å². The molecule has 5 rings (SSSR count). The van der Waals surface area contributed by atoms with E-state index in [9.17, 15) is 5.11 Å². The van der Waals surface area contributed by atoms with Gasteiger partial charge in [0.15, 0.2) is 5.11 Å². The van der Waals surface area contributed by atoms with E-state index in [2.05, 4.69) is 39.7 Å². The topological polar surface area (TPSA) is 71.8 Å². The van der Waals surface area contributed by atoms with Crippen LogP contribution in [0.2, 0.25) is 0 Å². The van der Waals surface area contributed by atoms with Crippen molar-refractivity contribution in [1.82, 2.24) is 14.9 Å². The van der Waals surface area contributed by atoms with Crippen LogP contribution in [0.4, 0.5) is 5.69 Å². The summed E-state index contributed by atoms with van der Waals surface area (Å²) in [6.07, 6.45) is 1.80. The number of phenolic OH excluding ortho intramolecular Hbond substituents is 1.